The second kappa shape index (κ2) is 5.01. The van der Waals surface area contributed by atoms with E-state index in [0.717, 1.165) is 10.9 Å². The summed E-state index contributed by atoms with van der Waals surface area (Å²) in [5, 5.41) is 11.7. The highest BCUT2D eigenvalue weighted by Gasteiger charge is 2.13. The molecule has 0 spiro atoms. The zero-order chi connectivity index (χ0) is 13.1. The number of carboxylic acids is 1. The van der Waals surface area contributed by atoms with Crippen molar-refractivity contribution in [1.29, 1.82) is 0 Å². The van der Waals surface area contributed by atoms with Crippen molar-refractivity contribution < 1.29 is 14.3 Å². The standard InChI is InChI=1S/C11H10FN3O2S/c12-8-2-9(13)7(11(16)17)1-10(8)15-4-6-3-14-5-18-6/h1-3,5,15H,4,13H2,(H,16,17). The van der Waals surface area contributed by atoms with Crippen LogP contribution in [0.25, 0.3) is 0 Å². The molecule has 1 heterocycles. The first kappa shape index (κ1) is 12.3. The van der Waals surface area contributed by atoms with Crippen LogP contribution in [0.2, 0.25) is 0 Å². The van der Waals surface area contributed by atoms with Crippen LogP contribution in [0.4, 0.5) is 15.8 Å². The normalized spacial score (nSPS) is 10.3. The van der Waals surface area contributed by atoms with E-state index in [1.165, 1.54) is 17.4 Å². The van der Waals surface area contributed by atoms with Gasteiger partial charge in [0.05, 0.1) is 23.3 Å². The van der Waals surface area contributed by atoms with E-state index >= 15 is 0 Å². The number of nitrogens with one attached hydrogen (secondary N) is 1. The molecule has 18 heavy (non-hydrogen) atoms. The van der Waals surface area contributed by atoms with Crippen LogP contribution in [-0.4, -0.2) is 16.1 Å². The average molecular weight is 267 g/mol. The van der Waals surface area contributed by atoms with Gasteiger partial charge < -0.3 is 16.2 Å². The van der Waals surface area contributed by atoms with E-state index < -0.39 is 11.8 Å². The summed E-state index contributed by atoms with van der Waals surface area (Å²) in [6, 6.07) is 2.19. The van der Waals surface area contributed by atoms with E-state index in [-0.39, 0.29) is 16.9 Å². The van der Waals surface area contributed by atoms with Crippen LogP contribution in [0, 0.1) is 5.82 Å². The van der Waals surface area contributed by atoms with Gasteiger partial charge in [-0.2, -0.15) is 0 Å². The first-order valence-corrected chi connectivity index (χ1v) is 5.89. The molecule has 0 unspecified atom stereocenters. The number of rotatable bonds is 4. The third-order valence-electron chi connectivity index (χ3n) is 2.31. The maximum absolute atomic E-state index is 13.6. The van der Waals surface area contributed by atoms with E-state index in [1.807, 2.05) is 0 Å². The fourth-order valence-electron chi connectivity index (χ4n) is 1.42. The van der Waals surface area contributed by atoms with Crippen molar-refractivity contribution >= 4 is 28.7 Å². The van der Waals surface area contributed by atoms with Gasteiger partial charge in [-0.1, -0.05) is 0 Å². The van der Waals surface area contributed by atoms with Gasteiger partial charge in [-0.3, -0.25) is 4.98 Å². The van der Waals surface area contributed by atoms with Gasteiger partial charge in [0.25, 0.3) is 0 Å². The molecule has 0 saturated carbocycles. The third kappa shape index (κ3) is 2.57. The first-order chi connectivity index (χ1) is 8.58. The number of nitrogen functional groups attached to an aromatic ring is 1. The summed E-state index contributed by atoms with van der Waals surface area (Å²) in [6.07, 6.45) is 1.66. The SMILES string of the molecule is Nc1cc(F)c(NCc2cncs2)cc1C(=O)O. The zero-order valence-electron chi connectivity index (χ0n) is 9.18. The number of halogens is 1. The number of thiazole rings is 1. The van der Waals surface area contributed by atoms with E-state index in [4.69, 9.17) is 10.8 Å². The van der Waals surface area contributed by atoms with Crippen LogP contribution in [0.3, 0.4) is 0 Å². The van der Waals surface area contributed by atoms with Gasteiger partial charge in [-0.25, -0.2) is 9.18 Å². The maximum Gasteiger partial charge on any atom is 0.337 e. The van der Waals surface area contributed by atoms with E-state index in [1.54, 1.807) is 11.7 Å². The summed E-state index contributed by atoms with van der Waals surface area (Å²) in [7, 11) is 0. The number of nitrogens with two attached hydrogens (primary N) is 1. The van der Waals surface area contributed by atoms with Gasteiger partial charge >= 0.3 is 5.97 Å². The summed E-state index contributed by atoms with van der Waals surface area (Å²) in [4.78, 5) is 15.7. The number of hydrogen-bond acceptors (Lipinski definition) is 5. The van der Waals surface area contributed by atoms with Crippen LogP contribution < -0.4 is 11.1 Å². The lowest BCUT2D eigenvalue weighted by Crippen LogP contribution is -2.07. The minimum Gasteiger partial charge on any atom is -0.478 e. The number of anilines is 2. The van der Waals surface area contributed by atoms with Crippen molar-refractivity contribution in [3.05, 3.63) is 40.1 Å². The predicted octanol–water partition coefficient (Wildman–Crippen LogP) is 2.17. The Bertz CT molecular complexity index is 572. The van der Waals surface area contributed by atoms with Crippen molar-refractivity contribution in [3.63, 3.8) is 0 Å². The van der Waals surface area contributed by atoms with Gasteiger partial charge in [0, 0.05) is 16.8 Å². The van der Waals surface area contributed by atoms with Crippen molar-refractivity contribution in [2.45, 2.75) is 6.54 Å². The van der Waals surface area contributed by atoms with Gasteiger partial charge in [0.2, 0.25) is 0 Å². The minimum atomic E-state index is -1.19. The number of hydrogen-bond donors (Lipinski definition) is 3. The van der Waals surface area contributed by atoms with Crippen molar-refractivity contribution in [2.75, 3.05) is 11.1 Å². The van der Waals surface area contributed by atoms with Crippen molar-refractivity contribution in [2.24, 2.45) is 0 Å². The monoisotopic (exact) mass is 267 g/mol. The molecule has 0 radical (unpaired) electrons. The molecule has 94 valence electrons. The number of aromatic nitrogens is 1. The zero-order valence-corrected chi connectivity index (χ0v) is 10.00. The number of nitrogens with zero attached hydrogens (tertiary/aromatic N) is 1. The summed E-state index contributed by atoms with van der Waals surface area (Å²) >= 11 is 1.42. The van der Waals surface area contributed by atoms with Crippen LogP contribution in [-0.2, 0) is 6.54 Å². The molecule has 5 nitrogen and oxygen atoms in total. The summed E-state index contributed by atoms with van der Waals surface area (Å²) in [5.41, 5.74) is 6.98. The Hall–Kier alpha value is -2.15. The smallest absolute Gasteiger partial charge is 0.337 e. The Kier molecular flexibility index (Phi) is 3.42. The predicted molar refractivity (Wildman–Crippen MR) is 67.2 cm³/mol. The number of carbonyl (C=O) groups is 1. The van der Waals surface area contributed by atoms with Crippen LogP contribution in [0.1, 0.15) is 15.2 Å². The highest BCUT2D eigenvalue weighted by Crippen LogP contribution is 2.23. The minimum absolute atomic E-state index is 0.0941. The Morgan fingerprint density at radius 1 is 1.56 bits per heavy atom. The molecule has 0 amide bonds. The van der Waals surface area contributed by atoms with E-state index in [0.29, 0.717) is 6.54 Å². The van der Waals surface area contributed by atoms with Gasteiger partial charge in [-0.05, 0) is 12.1 Å². The second-order valence-corrected chi connectivity index (χ2v) is 4.52. The fraction of sp³-hybridized carbons (Fsp3) is 0.0909. The molecular formula is C11H10FN3O2S. The van der Waals surface area contributed by atoms with Gasteiger partial charge in [0.1, 0.15) is 5.82 Å². The fourth-order valence-corrected chi connectivity index (χ4v) is 1.96. The number of aromatic carboxylic acids is 1. The van der Waals surface area contributed by atoms with Crippen LogP contribution >= 0.6 is 11.3 Å². The topological polar surface area (TPSA) is 88.2 Å². The molecule has 0 atom stereocenters. The first-order valence-electron chi connectivity index (χ1n) is 5.01. The lowest BCUT2D eigenvalue weighted by Gasteiger charge is -2.09. The molecule has 0 aliphatic carbocycles. The molecule has 4 N–H and O–H groups in total. The molecule has 7 heteroatoms. The third-order valence-corrected chi connectivity index (χ3v) is 3.09. The molecular weight excluding hydrogens is 257 g/mol. The molecule has 0 bridgehead atoms. The number of benzene rings is 1. The Morgan fingerprint density at radius 2 is 2.33 bits per heavy atom. The highest BCUT2D eigenvalue weighted by atomic mass is 32.1. The maximum atomic E-state index is 13.6. The Labute approximate surface area is 106 Å². The molecule has 2 aromatic rings. The summed E-state index contributed by atoms with van der Waals surface area (Å²) in [5.74, 6) is -1.77. The van der Waals surface area contributed by atoms with Gasteiger partial charge in [-0.15, -0.1) is 11.3 Å². The molecule has 0 aliphatic rings. The molecule has 0 aliphatic heterocycles. The summed E-state index contributed by atoms with van der Waals surface area (Å²) < 4.78 is 13.6. The molecule has 1 aromatic carbocycles. The Morgan fingerprint density at radius 3 is 2.94 bits per heavy atom. The highest BCUT2D eigenvalue weighted by molar-refractivity contribution is 7.09. The largest absolute Gasteiger partial charge is 0.478 e. The Balaban J connectivity index is 2.22. The molecule has 0 fully saturated rings. The van der Waals surface area contributed by atoms with E-state index in [2.05, 4.69) is 10.3 Å². The lowest BCUT2D eigenvalue weighted by atomic mass is 10.1. The van der Waals surface area contributed by atoms with E-state index in [9.17, 15) is 9.18 Å². The number of carboxylic acid groups (broad SMARTS) is 1. The van der Waals surface area contributed by atoms with Crippen molar-refractivity contribution in [1.82, 2.24) is 4.98 Å². The molecule has 0 saturated heterocycles. The van der Waals surface area contributed by atoms with Crippen LogP contribution in [0.15, 0.2) is 23.8 Å². The molecule has 1 aromatic heterocycles. The molecule has 2 rings (SSSR count). The summed E-state index contributed by atoms with van der Waals surface area (Å²) in [6.45, 7) is 0.380. The van der Waals surface area contributed by atoms with Crippen molar-refractivity contribution in [3.8, 4) is 0 Å². The van der Waals surface area contributed by atoms with Gasteiger partial charge in [0.15, 0.2) is 0 Å². The lowest BCUT2D eigenvalue weighted by molar-refractivity contribution is 0.0698. The quantitative estimate of drug-likeness (QED) is 0.739. The van der Waals surface area contributed by atoms with Crippen LogP contribution in [0.5, 0.6) is 0 Å². The average Bonchev–Trinajstić information content (AvgIpc) is 2.80. The second-order valence-electron chi connectivity index (χ2n) is 3.55.